The Bertz CT molecular complexity index is 1570. The Morgan fingerprint density at radius 3 is 2.44 bits per heavy atom. The van der Waals surface area contributed by atoms with Crippen molar-refractivity contribution in [2.45, 2.75) is 45.3 Å². The molecule has 39 heavy (non-hydrogen) atoms. The van der Waals surface area contributed by atoms with E-state index in [9.17, 15) is 14.4 Å². The summed E-state index contributed by atoms with van der Waals surface area (Å²) in [6, 6.07) is 13.9. The maximum atomic E-state index is 13.8. The fraction of sp³-hybridized carbons (Fsp3) is 0.379. The number of amides is 3. The minimum Gasteiger partial charge on any atom is -0.497 e. The summed E-state index contributed by atoms with van der Waals surface area (Å²) in [5, 5.41) is 3.84. The second kappa shape index (κ2) is 9.14. The highest BCUT2D eigenvalue weighted by Crippen LogP contribution is 2.34. The Labute approximate surface area is 225 Å². The highest BCUT2D eigenvalue weighted by molar-refractivity contribution is 6.01. The lowest BCUT2D eigenvalue weighted by Gasteiger charge is -2.39. The van der Waals surface area contributed by atoms with E-state index in [4.69, 9.17) is 4.74 Å². The number of hydrogen-bond acceptors (Lipinski definition) is 5. The zero-order chi connectivity index (χ0) is 27.5. The van der Waals surface area contributed by atoms with Gasteiger partial charge in [-0.25, -0.2) is 4.98 Å². The molecule has 4 heterocycles. The predicted molar refractivity (Wildman–Crippen MR) is 147 cm³/mol. The van der Waals surface area contributed by atoms with Gasteiger partial charge in [-0.15, -0.1) is 0 Å². The van der Waals surface area contributed by atoms with Gasteiger partial charge in [0.25, 0.3) is 11.8 Å². The van der Waals surface area contributed by atoms with Crippen LogP contribution in [0.4, 0.5) is 0 Å². The van der Waals surface area contributed by atoms with Gasteiger partial charge < -0.3 is 29.8 Å². The molecule has 3 amide bonds. The molecule has 202 valence electrons. The summed E-state index contributed by atoms with van der Waals surface area (Å²) >= 11 is 0. The fourth-order valence-corrected chi connectivity index (χ4v) is 5.76. The Balaban J connectivity index is 1.16. The highest BCUT2D eigenvalue weighted by atomic mass is 16.5. The van der Waals surface area contributed by atoms with Gasteiger partial charge in [0.05, 0.1) is 30.2 Å². The predicted octanol–water partition coefficient (Wildman–Crippen LogP) is 3.32. The van der Waals surface area contributed by atoms with Crippen LogP contribution in [0.2, 0.25) is 0 Å². The van der Waals surface area contributed by atoms with Crippen LogP contribution < -0.4 is 10.1 Å². The number of rotatable bonds is 5. The van der Waals surface area contributed by atoms with Crippen LogP contribution in [0.3, 0.4) is 0 Å². The monoisotopic (exact) mass is 528 g/mol. The SMILES string of the molecule is COc1ccc2[nH]c(C(=O)N[C@H](C(=O)N3C[C@@H]4C[C@H]3CN4C(=O)c3nc4ccccc4[nH]3)C(C)(C)C)cc2c1. The minimum atomic E-state index is -0.732. The second-order valence-corrected chi connectivity index (χ2v) is 11.5. The van der Waals surface area contributed by atoms with Crippen LogP contribution in [-0.4, -0.2) is 80.8 Å². The number of imidazole rings is 1. The number of benzene rings is 2. The largest absolute Gasteiger partial charge is 0.497 e. The number of carbonyl (C=O) groups excluding carboxylic acids is 3. The van der Waals surface area contributed by atoms with Crippen molar-refractivity contribution in [1.29, 1.82) is 0 Å². The lowest BCUT2D eigenvalue weighted by Crippen LogP contribution is -2.59. The van der Waals surface area contributed by atoms with Crippen LogP contribution >= 0.6 is 0 Å². The van der Waals surface area contributed by atoms with Crippen molar-refractivity contribution in [3.05, 3.63) is 60.0 Å². The molecule has 0 aliphatic carbocycles. The van der Waals surface area contributed by atoms with Gasteiger partial charge in [0, 0.05) is 24.0 Å². The molecule has 2 aliphatic rings. The molecule has 3 N–H and O–H groups in total. The summed E-state index contributed by atoms with van der Waals surface area (Å²) in [5.74, 6) is 0.397. The Hall–Kier alpha value is -4.34. The van der Waals surface area contributed by atoms with Crippen molar-refractivity contribution >= 4 is 39.7 Å². The number of aromatic nitrogens is 3. The first kappa shape index (κ1) is 25.0. The molecule has 6 rings (SSSR count). The molecule has 10 nitrogen and oxygen atoms in total. The van der Waals surface area contributed by atoms with E-state index in [-0.39, 0.29) is 29.8 Å². The molecule has 2 aliphatic heterocycles. The number of ether oxygens (including phenoxy) is 1. The third-order valence-electron chi connectivity index (χ3n) is 7.84. The number of nitrogens with one attached hydrogen (secondary N) is 3. The van der Waals surface area contributed by atoms with Crippen LogP contribution in [0.15, 0.2) is 48.5 Å². The first-order chi connectivity index (χ1) is 18.6. The van der Waals surface area contributed by atoms with Gasteiger partial charge >= 0.3 is 0 Å². The van der Waals surface area contributed by atoms with Crippen molar-refractivity contribution in [2.24, 2.45) is 5.41 Å². The number of H-pyrrole nitrogens is 2. The normalized spacial score (nSPS) is 19.6. The molecule has 4 aromatic rings. The third-order valence-corrected chi connectivity index (χ3v) is 7.84. The van der Waals surface area contributed by atoms with Crippen molar-refractivity contribution < 1.29 is 19.1 Å². The van der Waals surface area contributed by atoms with Gasteiger partial charge in [0.1, 0.15) is 17.5 Å². The summed E-state index contributed by atoms with van der Waals surface area (Å²) in [6.45, 7) is 6.71. The van der Waals surface area contributed by atoms with E-state index >= 15 is 0 Å². The summed E-state index contributed by atoms with van der Waals surface area (Å²) in [6.07, 6.45) is 0.715. The van der Waals surface area contributed by atoms with E-state index < -0.39 is 11.5 Å². The van der Waals surface area contributed by atoms with E-state index in [2.05, 4.69) is 20.3 Å². The van der Waals surface area contributed by atoms with Gasteiger partial charge in [0.2, 0.25) is 5.91 Å². The maximum absolute atomic E-state index is 13.8. The molecular formula is C29H32N6O4. The zero-order valence-corrected chi connectivity index (χ0v) is 22.4. The quantitative estimate of drug-likeness (QED) is 0.367. The summed E-state index contributed by atoms with van der Waals surface area (Å²) < 4.78 is 5.28. The standard InChI is InChI=1S/C29H32N6O4/c1-29(2,3)24(33-26(36)23-12-16-11-19(39-4)9-10-20(16)30-23)27(37)34-14-18-13-17(34)15-35(18)28(38)25-31-21-7-5-6-8-22(21)32-25/h5-12,17-18,24,30H,13-15H2,1-4H3,(H,31,32)(H,33,36)/t17-,18-,24+/m0/s1. The van der Waals surface area contributed by atoms with Crippen molar-refractivity contribution in [3.63, 3.8) is 0 Å². The fourth-order valence-electron chi connectivity index (χ4n) is 5.76. The number of para-hydroxylation sites is 2. The lowest BCUT2D eigenvalue weighted by atomic mass is 9.85. The molecule has 2 bridgehead atoms. The maximum Gasteiger partial charge on any atom is 0.290 e. The Kier molecular flexibility index (Phi) is 5.85. The molecule has 2 saturated heterocycles. The van der Waals surface area contributed by atoms with Gasteiger partial charge in [-0.1, -0.05) is 32.9 Å². The molecule has 2 fully saturated rings. The first-order valence-electron chi connectivity index (χ1n) is 13.2. The number of fused-ring (bicyclic) bond motifs is 4. The molecule has 0 saturated carbocycles. The van der Waals surface area contributed by atoms with E-state index in [1.54, 1.807) is 13.2 Å². The lowest BCUT2D eigenvalue weighted by molar-refractivity contribution is -0.138. The van der Waals surface area contributed by atoms with Crippen LogP contribution in [0.5, 0.6) is 5.75 Å². The average molecular weight is 529 g/mol. The first-order valence-corrected chi connectivity index (χ1v) is 13.2. The molecule has 0 radical (unpaired) electrons. The van der Waals surface area contributed by atoms with Crippen molar-refractivity contribution in [2.75, 3.05) is 20.2 Å². The van der Waals surface area contributed by atoms with E-state index in [1.807, 2.05) is 73.0 Å². The van der Waals surface area contributed by atoms with Gasteiger partial charge in [-0.2, -0.15) is 0 Å². The molecule has 0 spiro atoms. The number of nitrogens with zero attached hydrogens (tertiary/aromatic N) is 3. The third kappa shape index (κ3) is 4.39. The number of hydrogen-bond donors (Lipinski definition) is 3. The number of likely N-dealkylation sites (tertiary alicyclic amines) is 2. The van der Waals surface area contributed by atoms with Crippen LogP contribution in [0.1, 0.15) is 48.3 Å². The summed E-state index contributed by atoms with van der Waals surface area (Å²) in [7, 11) is 1.60. The van der Waals surface area contributed by atoms with Crippen molar-refractivity contribution in [1.82, 2.24) is 30.1 Å². The smallest absolute Gasteiger partial charge is 0.290 e. The zero-order valence-electron chi connectivity index (χ0n) is 22.4. The van der Waals surface area contributed by atoms with Crippen LogP contribution in [0, 0.1) is 5.41 Å². The van der Waals surface area contributed by atoms with E-state index in [0.29, 0.717) is 36.8 Å². The van der Waals surface area contributed by atoms with E-state index in [1.165, 1.54) is 0 Å². The number of aromatic amines is 2. The summed E-state index contributed by atoms with van der Waals surface area (Å²) in [4.78, 5) is 54.7. The highest BCUT2D eigenvalue weighted by Gasteiger charge is 2.50. The topological polar surface area (TPSA) is 123 Å². The Morgan fingerprint density at radius 1 is 1.00 bits per heavy atom. The van der Waals surface area contributed by atoms with Gasteiger partial charge in [0.15, 0.2) is 5.82 Å². The van der Waals surface area contributed by atoms with Gasteiger partial charge in [-0.3, -0.25) is 14.4 Å². The molecule has 3 atom stereocenters. The van der Waals surface area contributed by atoms with Crippen LogP contribution in [0.25, 0.3) is 21.9 Å². The van der Waals surface area contributed by atoms with Crippen molar-refractivity contribution in [3.8, 4) is 5.75 Å². The number of methoxy groups -OCH3 is 1. The second-order valence-electron chi connectivity index (χ2n) is 11.5. The average Bonchev–Trinajstić information content (AvgIpc) is 3.71. The molecule has 2 aromatic carbocycles. The molecular weight excluding hydrogens is 496 g/mol. The van der Waals surface area contributed by atoms with Gasteiger partial charge in [-0.05, 0) is 48.2 Å². The van der Waals surface area contributed by atoms with E-state index in [0.717, 1.165) is 21.9 Å². The molecule has 10 heteroatoms. The molecule has 0 unspecified atom stereocenters. The molecule has 2 aromatic heterocycles. The Morgan fingerprint density at radius 2 is 1.74 bits per heavy atom. The number of carbonyl (C=O) groups is 3. The number of piperazine rings is 1. The minimum absolute atomic E-state index is 0.0836. The van der Waals surface area contributed by atoms with Crippen LogP contribution in [-0.2, 0) is 4.79 Å². The summed E-state index contributed by atoms with van der Waals surface area (Å²) in [5.41, 5.74) is 2.24.